The minimum absolute atomic E-state index is 0.263. The van der Waals surface area contributed by atoms with Gasteiger partial charge in [0.1, 0.15) is 5.82 Å². The highest BCUT2D eigenvalue weighted by atomic mass is 19.1. The molecule has 0 atom stereocenters. The van der Waals surface area contributed by atoms with E-state index >= 15 is 0 Å². The minimum atomic E-state index is -0.574. The molecule has 0 fully saturated rings. The molecule has 0 spiro atoms. The van der Waals surface area contributed by atoms with E-state index < -0.39 is 5.54 Å². The molecule has 1 amide bonds. The Morgan fingerprint density at radius 1 is 1.00 bits per heavy atom. The lowest BCUT2D eigenvalue weighted by Crippen LogP contribution is -2.45. The van der Waals surface area contributed by atoms with Crippen molar-refractivity contribution in [3.8, 4) is 0 Å². The van der Waals surface area contributed by atoms with Crippen molar-refractivity contribution in [3.63, 3.8) is 0 Å². The van der Waals surface area contributed by atoms with Gasteiger partial charge in [-0.1, -0.05) is 24.8 Å². The number of rotatable bonds is 4. The molecule has 0 aromatic heterocycles. The maximum atomic E-state index is 13.0. The molecule has 0 aliphatic rings. The van der Waals surface area contributed by atoms with Gasteiger partial charge < -0.3 is 4.84 Å². The smallest absolute Gasteiger partial charge is 0.286 e. The van der Waals surface area contributed by atoms with Crippen LogP contribution >= 0.6 is 0 Å². The summed E-state index contributed by atoms with van der Waals surface area (Å²) in [6, 6.07) is 14.7. The molecule has 0 N–H and O–H groups in total. The van der Waals surface area contributed by atoms with E-state index in [1.165, 1.54) is 17.2 Å². The molecule has 23 heavy (non-hydrogen) atoms. The molecule has 0 unspecified atom stereocenters. The Labute approximate surface area is 136 Å². The number of hydroxylamine groups is 2. The van der Waals surface area contributed by atoms with Crippen molar-refractivity contribution in [1.82, 2.24) is 5.06 Å². The summed E-state index contributed by atoms with van der Waals surface area (Å²) in [4.78, 5) is 18.4. The Balaban J connectivity index is 2.24. The molecule has 0 aliphatic carbocycles. The van der Waals surface area contributed by atoms with Crippen LogP contribution in [0.2, 0.25) is 0 Å². The van der Waals surface area contributed by atoms with Crippen molar-refractivity contribution < 1.29 is 14.0 Å². The highest BCUT2D eigenvalue weighted by Crippen LogP contribution is 2.24. The van der Waals surface area contributed by atoms with E-state index in [1.807, 2.05) is 26.8 Å². The fourth-order valence-corrected chi connectivity index (χ4v) is 1.98. The van der Waals surface area contributed by atoms with Crippen LogP contribution in [-0.2, 0) is 4.84 Å². The van der Waals surface area contributed by atoms with Crippen molar-refractivity contribution in [2.24, 2.45) is 0 Å². The zero-order valence-corrected chi connectivity index (χ0v) is 13.5. The number of hydrogen-bond acceptors (Lipinski definition) is 2. The number of carbonyl (C=O) groups excluding carboxylic acids is 1. The third-order valence-corrected chi connectivity index (χ3v) is 3.18. The highest BCUT2D eigenvalue weighted by molar-refractivity contribution is 5.94. The summed E-state index contributed by atoms with van der Waals surface area (Å²) in [5, 5.41) is 1.29. The van der Waals surface area contributed by atoms with Gasteiger partial charge in [-0.15, -0.1) is 0 Å². The molecule has 2 aromatic carbocycles. The van der Waals surface area contributed by atoms with Gasteiger partial charge in [-0.2, -0.15) is 5.06 Å². The summed E-state index contributed by atoms with van der Waals surface area (Å²) in [7, 11) is 0. The first-order chi connectivity index (χ1) is 10.8. The predicted octanol–water partition coefficient (Wildman–Crippen LogP) is 4.67. The molecule has 2 rings (SSSR count). The first kappa shape index (κ1) is 16.7. The third-order valence-electron chi connectivity index (χ3n) is 3.18. The Hall–Kier alpha value is -2.62. The largest absolute Gasteiger partial charge is 0.376 e. The van der Waals surface area contributed by atoms with Crippen molar-refractivity contribution >= 4 is 11.7 Å². The van der Waals surface area contributed by atoms with E-state index in [9.17, 15) is 9.18 Å². The second-order valence-corrected chi connectivity index (χ2v) is 6.16. The molecular formula is C19H20FNO2. The predicted molar refractivity (Wildman–Crippen MR) is 88.9 cm³/mol. The molecule has 0 bridgehead atoms. The van der Waals surface area contributed by atoms with E-state index in [2.05, 4.69) is 6.58 Å². The molecular weight excluding hydrogens is 293 g/mol. The summed E-state index contributed by atoms with van der Waals surface area (Å²) < 4.78 is 13.0. The average molecular weight is 313 g/mol. The first-order valence-electron chi connectivity index (χ1n) is 7.31. The van der Waals surface area contributed by atoms with Crippen LogP contribution in [0.1, 0.15) is 36.7 Å². The fourth-order valence-electron chi connectivity index (χ4n) is 1.98. The van der Waals surface area contributed by atoms with E-state index in [0.717, 1.165) is 0 Å². The zero-order valence-electron chi connectivity index (χ0n) is 13.5. The van der Waals surface area contributed by atoms with Crippen LogP contribution in [0.5, 0.6) is 0 Å². The Morgan fingerprint density at radius 2 is 1.57 bits per heavy atom. The quantitative estimate of drug-likeness (QED) is 0.606. The van der Waals surface area contributed by atoms with Gasteiger partial charge >= 0.3 is 0 Å². The van der Waals surface area contributed by atoms with Crippen LogP contribution in [0.15, 0.2) is 61.2 Å². The van der Waals surface area contributed by atoms with Crippen molar-refractivity contribution in [1.29, 1.82) is 0 Å². The molecule has 0 aliphatic heterocycles. The Bertz CT molecular complexity index is 688. The molecule has 0 heterocycles. The molecule has 120 valence electrons. The number of hydrogen-bond donors (Lipinski definition) is 0. The van der Waals surface area contributed by atoms with E-state index in [4.69, 9.17) is 4.84 Å². The van der Waals surface area contributed by atoms with Gasteiger partial charge in [0.05, 0.1) is 5.54 Å². The van der Waals surface area contributed by atoms with E-state index in [0.29, 0.717) is 11.1 Å². The Morgan fingerprint density at radius 3 is 2.09 bits per heavy atom. The number of nitrogens with zero attached hydrogens (tertiary/aromatic N) is 1. The first-order valence-corrected chi connectivity index (χ1v) is 7.31. The van der Waals surface area contributed by atoms with Crippen LogP contribution in [0.4, 0.5) is 4.39 Å². The van der Waals surface area contributed by atoms with Gasteiger partial charge in [0, 0.05) is 11.1 Å². The third kappa shape index (κ3) is 4.19. The summed E-state index contributed by atoms with van der Waals surface area (Å²) in [5.41, 5.74) is 0.562. The van der Waals surface area contributed by atoms with Gasteiger partial charge in [-0.3, -0.25) is 4.79 Å². The number of amides is 1. The number of carbonyl (C=O) groups is 1. The van der Waals surface area contributed by atoms with Crippen molar-refractivity contribution in [2.75, 3.05) is 0 Å². The summed E-state index contributed by atoms with van der Waals surface area (Å²) in [6.45, 7) is 9.45. The SMILES string of the molecule is C=C(ON(C(=O)c1ccccc1)C(C)(C)C)c1ccc(F)cc1. The van der Waals surface area contributed by atoms with E-state index in [1.54, 1.807) is 36.4 Å². The topological polar surface area (TPSA) is 29.5 Å². The van der Waals surface area contributed by atoms with Crippen LogP contribution in [0.25, 0.3) is 5.76 Å². The molecule has 0 saturated heterocycles. The zero-order chi connectivity index (χ0) is 17.0. The molecule has 2 aromatic rings. The van der Waals surface area contributed by atoms with Crippen molar-refractivity contribution in [3.05, 3.63) is 78.1 Å². The summed E-state index contributed by atoms with van der Waals surface area (Å²) >= 11 is 0. The monoisotopic (exact) mass is 313 g/mol. The summed E-state index contributed by atoms with van der Waals surface area (Å²) in [6.07, 6.45) is 0. The number of halogens is 1. The second-order valence-electron chi connectivity index (χ2n) is 6.16. The van der Waals surface area contributed by atoms with Crippen LogP contribution in [0, 0.1) is 5.82 Å². The minimum Gasteiger partial charge on any atom is -0.376 e. The lowest BCUT2D eigenvalue weighted by atomic mass is 10.1. The highest BCUT2D eigenvalue weighted by Gasteiger charge is 2.30. The van der Waals surface area contributed by atoms with Gasteiger partial charge in [0.15, 0.2) is 5.76 Å². The van der Waals surface area contributed by atoms with Gasteiger partial charge in [0.2, 0.25) is 0 Å². The lowest BCUT2D eigenvalue weighted by molar-refractivity contribution is -0.111. The van der Waals surface area contributed by atoms with Crippen molar-refractivity contribution in [2.45, 2.75) is 26.3 Å². The van der Waals surface area contributed by atoms with E-state index in [-0.39, 0.29) is 17.5 Å². The normalized spacial score (nSPS) is 11.0. The summed E-state index contributed by atoms with van der Waals surface area (Å²) in [5.74, 6) is -0.319. The second kappa shape index (κ2) is 6.65. The van der Waals surface area contributed by atoms with Gasteiger partial charge in [0.25, 0.3) is 5.91 Å². The molecule has 0 saturated carbocycles. The van der Waals surface area contributed by atoms with Gasteiger partial charge in [-0.05, 0) is 57.2 Å². The Kier molecular flexibility index (Phi) is 4.84. The maximum Gasteiger partial charge on any atom is 0.286 e. The standard InChI is InChI=1S/C19H20FNO2/c1-14(15-10-12-17(20)13-11-15)23-21(19(2,3)4)18(22)16-8-6-5-7-9-16/h5-13H,1H2,2-4H3. The van der Waals surface area contributed by atoms with Gasteiger partial charge in [-0.25, -0.2) is 4.39 Å². The maximum absolute atomic E-state index is 13.0. The lowest BCUT2D eigenvalue weighted by Gasteiger charge is -2.34. The van der Waals surface area contributed by atoms with Crippen LogP contribution < -0.4 is 0 Å². The molecule has 4 heteroatoms. The van der Waals surface area contributed by atoms with Crippen LogP contribution in [-0.4, -0.2) is 16.5 Å². The number of benzene rings is 2. The molecule has 0 radical (unpaired) electrons. The van der Waals surface area contributed by atoms with Crippen LogP contribution in [0.3, 0.4) is 0 Å². The molecule has 3 nitrogen and oxygen atoms in total. The average Bonchev–Trinajstić information content (AvgIpc) is 2.52. The fraction of sp³-hybridized carbons (Fsp3) is 0.211.